The van der Waals surface area contributed by atoms with Crippen molar-refractivity contribution < 1.29 is 17.6 Å². The Labute approximate surface area is 126 Å². The lowest BCUT2D eigenvalue weighted by molar-refractivity contribution is 0.0567. The van der Waals surface area contributed by atoms with Gasteiger partial charge in [0.05, 0.1) is 12.6 Å². The van der Waals surface area contributed by atoms with E-state index in [-0.39, 0.29) is 11.2 Å². The Balaban J connectivity index is 2.05. The van der Waals surface area contributed by atoms with Crippen molar-refractivity contribution in [3.05, 3.63) is 17.9 Å². The number of rotatable bonds is 7. The molecule has 1 aromatic heterocycles. The molecule has 0 radical (unpaired) electrons. The van der Waals surface area contributed by atoms with Crippen molar-refractivity contribution in [1.82, 2.24) is 9.62 Å². The maximum Gasteiger partial charge on any atom is 0.276 e. The molecule has 0 bridgehead atoms. The summed E-state index contributed by atoms with van der Waals surface area (Å²) in [6.07, 6.45) is 2.70. The van der Waals surface area contributed by atoms with E-state index < -0.39 is 10.0 Å². The van der Waals surface area contributed by atoms with Gasteiger partial charge >= 0.3 is 0 Å². The van der Waals surface area contributed by atoms with Gasteiger partial charge in [0.1, 0.15) is 5.76 Å². The highest BCUT2D eigenvalue weighted by atomic mass is 32.2. The van der Waals surface area contributed by atoms with E-state index >= 15 is 0 Å². The van der Waals surface area contributed by atoms with E-state index in [0.717, 1.165) is 25.8 Å². The molecule has 1 unspecified atom stereocenters. The standard InChI is InChI=1S/C14H24N2O4S/c1-3-8-15-10-12-6-7-14(20-12)21(17,18)16-9-4-5-13(11-16)19-2/h6-7,13,15H,3-5,8-11H2,1-2H3. The molecule has 2 heterocycles. The normalized spacial score (nSPS) is 20.8. The summed E-state index contributed by atoms with van der Waals surface area (Å²) in [5.41, 5.74) is 0. The molecule has 1 aromatic rings. The van der Waals surface area contributed by atoms with Crippen LogP contribution in [0, 0.1) is 0 Å². The van der Waals surface area contributed by atoms with Gasteiger partial charge in [0, 0.05) is 20.2 Å². The van der Waals surface area contributed by atoms with Crippen LogP contribution in [0.2, 0.25) is 0 Å². The van der Waals surface area contributed by atoms with Crippen molar-refractivity contribution in [3.8, 4) is 0 Å². The second-order valence-corrected chi connectivity index (χ2v) is 7.13. The minimum Gasteiger partial charge on any atom is -0.447 e. The Kier molecular flexibility index (Phi) is 5.80. The number of ether oxygens (including phenoxy) is 1. The van der Waals surface area contributed by atoms with Crippen LogP contribution in [-0.4, -0.2) is 45.6 Å². The lowest BCUT2D eigenvalue weighted by Crippen LogP contribution is -2.42. The fourth-order valence-electron chi connectivity index (χ4n) is 2.42. The average Bonchev–Trinajstić information content (AvgIpc) is 2.97. The van der Waals surface area contributed by atoms with E-state index in [4.69, 9.17) is 9.15 Å². The first kappa shape index (κ1) is 16.5. The zero-order chi connectivity index (χ0) is 15.3. The van der Waals surface area contributed by atoms with E-state index in [1.165, 1.54) is 10.4 Å². The molecule has 0 spiro atoms. The zero-order valence-corrected chi connectivity index (χ0v) is 13.5. The molecule has 0 aliphatic carbocycles. The largest absolute Gasteiger partial charge is 0.447 e. The molecule has 1 aliphatic rings. The number of hydrogen-bond acceptors (Lipinski definition) is 5. The van der Waals surface area contributed by atoms with Crippen LogP contribution in [0.3, 0.4) is 0 Å². The van der Waals surface area contributed by atoms with Gasteiger partial charge in [-0.3, -0.25) is 0 Å². The molecule has 0 amide bonds. The zero-order valence-electron chi connectivity index (χ0n) is 12.7. The highest BCUT2D eigenvalue weighted by Gasteiger charge is 2.32. The molecule has 1 saturated heterocycles. The third-order valence-corrected chi connectivity index (χ3v) is 5.37. The van der Waals surface area contributed by atoms with Gasteiger partial charge in [0.15, 0.2) is 0 Å². The molecule has 21 heavy (non-hydrogen) atoms. The van der Waals surface area contributed by atoms with E-state index in [1.807, 2.05) is 0 Å². The van der Waals surface area contributed by atoms with Gasteiger partial charge < -0.3 is 14.5 Å². The summed E-state index contributed by atoms with van der Waals surface area (Å²) in [7, 11) is -1.94. The van der Waals surface area contributed by atoms with Crippen LogP contribution in [0.5, 0.6) is 0 Å². The summed E-state index contributed by atoms with van der Waals surface area (Å²) in [6.45, 7) is 4.41. The molecule has 0 aromatic carbocycles. The number of furan rings is 1. The van der Waals surface area contributed by atoms with Crippen LogP contribution in [0.4, 0.5) is 0 Å². The monoisotopic (exact) mass is 316 g/mol. The average molecular weight is 316 g/mol. The Morgan fingerprint density at radius 2 is 2.29 bits per heavy atom. The second kappa shape index (κ2) is 7.40. The van der Waals surface area contributed by atoms with Crippen LogP contribution < -0.4 is 5.32 Å². The Morgan fingerprint density at radius 1 is 1.48 bits per heavy atom. The predicted octanol–water partition coefficient (Wildman–Crippen LogP) is 1.58. The fourth-order valence-corrected chi connectivity index (χ4v) is 3.86. The summed E-state index contributed by atoms with van der Waals surface area (Å²) in [5.74, 6) is 0.641. The molecular formula is C14H24N2O4S. The molecule has 1 N–H and O–H groups in total. The summed E-state index contributed by atoms with van der Waals surface area (Å²) in [6, 6.07) is 3.25. The highest BCUT2D eigenvalue weighted by molar-refractivity contribution is 7.89. The Morgan fingerprint density at radius 3 is 3.00 bits per heavy atom. The molecule has 1 atom stereocenters. The van der Waals surface area contributed by atoms with Gasteiger partial charge in [0.2, 0.25) is 5.09 Å². The molecule has 120 valence electrons. The molecule has 1 fully saturated rings. The summed E-state index contributed by atoms with van der Waals surface area (Å²) in [4.78, 5) is 0. The molecule has 2 rings (SSSR count). The number of nitrogens with zero attached hydrogens (tertiary/aromatic N) is 1. The van der Waals surface area contributed by atoms with Crippen molar-refractivity contribution in [2.45, 2.75) is 43.9 Å². The van der Waals surface area contributed by atoms with Gasteiger partial charge in [-0.25, -0.2) is 8.42 Å². The predicted molar refractivity (Wildman–Crippen MR) is 79.5 cm³/mol. The Hall–Kier alpha value is -0.890. The smallest absolute Gasteiger partial charge is 0.276 e. The minimum atomic E-state index is -3.56. The number of methoxy groups -OCH3 is 1. The van der Waals surface area contributed by atoms with E-state index in [1.54, 1.807) is 13.2 Å². The lowest BCUT2D eigenvalue weighted by atomic mass is 10.1. The SMILES string of the molecule is CCCNCc1ccc(S(=O)(=O)N2CCCC(OC)C2)o1. The second-order valence-electron chi connectivity index (χ2n) is 5.26. The molecule has 6 nitrogen and oxygen atoms in total. The quantitative estimate of drug-likeness (QED) is 0.773. The van der Waals surface area contributed by atoms with E-state index in [0.29, 0.717) is 25.4 Å². The van der Waals surface area contributed by atoms with Crippen LogP contribution in [-0.2, 0) is 21.3 Å². The number of hydrogen-bond donors (Lipinski definition) is 1. The minimum absolute atomic E-state index is 0.0209. The number of nitrogens with one attached hydrogen (secondary N) is 1. The molecule has 0 saturated carbocycles. The van der Waals surface area contributed by atoms with Crippen LogP contribution >= 0.6 is 0 Å². The van der Waals surface area contributed by atoms with Crippen LogP contribution in [0.15, 0.2) is 21.6 Å². The van der Waals surface area contributed by atoms with E-state index in [2.05, 4.69) is 12.2 Å². The van der Waals surface area contributed by atoms with Gasteiger partial charge in [0.25, 0.3) is 10.0 Å². The molecule has 1 aliphatic heterocycles. The number of piperidine rings is 1. The number of sulfonamides is 1. The van der Waals surface area contributed by atoms with Gasteiger partial charge in [-0.05, 0) is 37.9 Å². The third kappa shape index (κ3) is 4.06. The van der Waals surface area contributed by atoms with Crippen molar-refractivity contribution in [1.29, 1.82) is 0 Å². The van der Waals surface area contributed by atoms with Crippen molar-refractivity contribution in [2.24, 2.45) is 0 Å². The first-order valence-corrected chi connectivity index (χ1v) is 8.84. The summed E-state index contributed by atoms with van der Waals surface area (Å²) < 4.78 is 37.3. The van der Waals surface area contributed by atoms with Crippen LogP contribution in [0.25, 0.3) is 0 Å². The maximum atomic E-state index is 12.5. The summed E-state index contributed by atoms with van der Waals surface area (Å²) >= 11 is 0. The topological polar surface area (TPSA) is 71.8 Å². The fraction of sp³-hybridized carbons (Fsp3) is 0.714. The maximum absolute atomic E-state index is 12.5. The first-order valence-electron chi connectivity index (χ1n) is 7.40. The van der Waals surface area contributed by atoms with Crippen molar-refractivity contribution in [2.75, 3.05) is 26.7 Å². The third-order valence-electron chi connectivity index (χ3n) is 3.63. The Bertz CT molecular complexity index is 541. The van der Waals surface area contributed by atoms with E-state index in [9.17, 15) is 8.42 Å². The highest BCUT2D eigenvalue weighted by Crippen LogP contribution is 2.23. The van der Waals surface area contributed by atoms with Gasteiger partial charge in [-0.15, -0.1) is 0 Å². The van der Waals surface area contributed by atoms with Gasteiger partial charge in [-0.2, -0.15) is 4.31 Å². The van der Waals surface area contributed by atoms with Crippen molar-refractivity contribution in [3.63, 3.8) is 0 Å². The van der Waals surface area contributed by atoms with Crippen molar-refractivity contribution >= 4 is 10.0 Å². The summed E-state index contributed by atoms with van der Waals surface area (Å²) in [5, 5.41) is 3.21. The molecular weight excluding hydrogens is 292 g/mol. The molecule has 7 heteroatoms. The first-order chi connectivity index (χ1) is 10.1. The van der Waals surface area contributed by atoms with Crippen LogP contribution in [0.1, 0.15) is 31.9 Å². The lowest BCUT2D eigenvalue weighted by Gasteiger charge is -2.30. The van der Waals surface area contributed by atoms with Gasteiger partial charge in [-0.1, -0.05) is 6.92 Å².